The van der Waals surface area contributed by atoms with Crippen molar-refractivity contribution in [2.45, 2.75) is 35.2 Å². The van der Waals surface area contributed by atoms with Gasteiger partial charge in [-0.15, -0.1) is 0 Å². The summed E-state index contributed by atoms with van der Waals surface area (Å²) < 4.78 is 12.1. The molecule has 0 N–H and O–H groups in total. The maximum Gasteiger partial charge on any atom is 0.165 e. The lowest BCUT2D eigenvalue weighted by molar-refractivity contribution is 0.00479. The number of halogens is 1. The van der Waals surface area contributed by atoms with Crippen LogP contribution in [0.1, 0.15) is 17.5 Å². The molecular formula is C18H20BrNO2. The predicted octanol–water partition coefficient (Wildman–Crippen LogP) is 2.90. The highest BCUT2D eigenvalue weighted by Gasteiger charge is 2.63. The van der Waals surface area contributed by atoms with Gasteiger partial charge in [0.2, 0.25) is 0 Å². The Bertz CT molecular complexity index is 688. The largest absolute Gasteiger partial charge is 0.493 e. The molecule has 22 heavy (non-hydrogen) atoms. The van der Waals surface area contributed by atoms with Gasteiger partial charge in [-0.2, -0.15) is 0 Å². The molecule has 2 bridgehead atoms. The van der Waals surface area contributed by atoms with Gasteiger partial charge < -0.3 is 14.4 Å². The first kappa shape index (κ1) is 13.4. The van der Waals surface area contributed by atoms with E-state index in [1.807, 2.05) is 0 Å². The van der Waals surface area contributed by atoms with E-state index < -0.39 is 0 Å². The third-order valence-corrected chi connectivity index (χ3v) is 7.11. The third kappa shape index (κ3) is 1.37. The van der Waals surface area contributed by atoms with Gasteiger partial charge in [0.1, 0.15) is 6.10 Å². The average molecular weight is 362 g/mol. The van der Waals surface area contributed by atoms with E-state index in [0.29, 0.717) is 12.0 Å². The predicted molar refractivity (Wildman–Crippen MR) is 89.2 cm³/mol. The van der Waals surface area contributed by atoms with E-state index in [-0.39, 0.29) is 16.3 Å². The summed E-state index contributed by atoms with van der Waals surface area (Å²) in [6.45, 7) is 1.14. The maximum atomic E-state index is 6.51. The molecule has 2 heterocycles. The molecule has 0 aromatic heterocycles. The van der Waals surface area contributed by atoms with Crippen LogP contribution < -0.4 is 9.47 Å². The number of hydrogen-bond donors (Lipinski definition) is 0. The SMILES string of the molecule is COc1ccc2c3c1O[C@H]1[C@@H](Br)C=C[C@H]4[C@@H](C2)N(C)CC[C@@]341. The number of ether oxygens (including phenoxy) is 2. The zero-order valence-electron chi connectivity index (χ0n) is 12.9. The standard InChI is InChI=1S/C18H20BrNO2/c1-20-8-7-18-11-4-5-12(19)17(18)22-16-14(21-2)6-3-10(15(16)18)9-13(11)20/h3-6,11-13,17H,7-9H2,1-2H3/t11-,12-,13+,17-,18-/m0/s1. The Morgan fingerprint density at radius 1 is 1.36 bits per heavy atom. The molecule has 1 aromatic carbocycles. The van der Waals surface area contributed by atoms with Crippen molar-refractivity contribution in [1.82, 2.24) is 4.90 Å². The van der Waals surface area contributed by atoms with Gasteiger partial charge >= 0.3 is 0 Å². The molecule has 116 valence electrons. The van der Waals surface area contributed by atoms with Gasteiger partial charge in [0, 0.05) is 22.9 Å². The number of rotatable bonds is 1. The van der Waals surface area contributed by atoms with Crippen LogP contribution in [0.3, 0.4) is 0 Å². The summed E-state index contributed by atoms with van der Waals surface area (Å²) in [4.78, 5) is 2.81. The third-order valence-electron chi connectivity index (χ3n) is 6.32. The molecule has 3 nitrogen and oxygen atoms in total. The van der Waals surface area contributed by atoms with E-state index in [9.17, 15) is 0 Å². The van der Waals surface area contributed by atoms with Gasteiger partial charge in [-0.3, -0.25) is 0 Å². The lowest BCUT2D eigenvalue weighted by atomic mass is 9.54. The zero-order valence-corrected chi connectivity index (χ0v) is 14.5. The number of likely N-dealkylation sites (tertiary alicyclic amines) is 1. The number of hydrogen-bond acceptors (Lipinski definition) is 3. The second-order valence-corrected chi connectivity index (χ2v) is 8.12. The van der Waals surface area contributed by atoms with Gasteiger partial charge in [-0.1, -0.05) is 34.1 Å². The molecule has 0 amide bonds. The van der Waals surface area contributed by atoms with Crippen LogP contribution in [-0.2, 0) is 11.8 Å². The van der Waals surface area contributed by atoms with E-state index in [2.05, 4.69) is 52.2 Å². The van der Waals surface area contributed by atoms with Crippen LogP contribution >= 0.6 is 15.9 Å². The normalized spacial score (nSPS) is 41.0. The molecule has 0 saturated carbocycles. The number of piperidine rings is 1. The smallest absolute Gasteiger partial charge is 0.165 e. The Kier molecular flexibility index (Phi) is 2.62. The number of benzene rings is 1. The molecule has 5 rings (SSSR count). The van der Waals surface area contributed by atoms with E-state index in [1.165, 1.54) is 11.1 Å². The topological polar surface area (TPSA) is 21.7 Å². The van der Waals surface area contributed by atoms with E-state index in [1.54, 1.807) is 7.11 Å². The number of methoxy groups -OCH3 is 1. The van der Waals surface area contributed by atoms with Crippen molar-refractivity contribution in [2.24, 2.45) is 5.92 Å². The van der Waals surface area contributed by atoms with Crippen molar-refractivity contribution in [3.8, 4) is 11.5 Å². The zero-order chi connectivity index (χ0) is 15.1. The Hall–Kier alpha value is -1.00. The molecule has 0 unspecified atom stereocenters. The van der Waals surface area contributed by atoms with Crippen LogP contribution in [0.25, 0.3) is 0 Å². The second-order valence-electron chi connectivity index (χ2n) is 7.07. The molecule has 1 aromatic rings. The monoisotopic (exact) mass is 361 g/mol. The fraction of sp³-hybridized carbons (Fsp3) is 0.556. The highest BCUT2D eigenvalue weighted by atomic mass is 79.9. The summed E-state index contributed by atoms with van der Waals surface area (Å²) in [7, 11) is 4.01. The summed E-state index contributed by atoms with van der Waals surface area (Å²) in [5.41, 5.74) is 3.03. The van der Waals surface area contributed by atoms with Crippen LogP contribution in [0, 0.1) is 5.92 Å². The molecule has 5 atom stereocenters. The summed E-state index contributed by atoms with van der Waals surface area (Å²) >= 11 is 3.85. The van der Waals surface area contributed by atoms with Crippen LogP contribution in [0.5, 0.6) is 11.5 Å². The first-order valence-electron chi connectivity index (χ1n) is 8.06. The highest BCUT2D eigenvalue weighted by molar-refractivity contribution is 9.09. The van der Waals surface area contributed by atoms with Crippen molar-refractivity contribution in [2.75, 3.05) is 20.7 Å². The van der Waals surface area contributed by atoms with E-state index in [4.69, 9.17) is 9.47 Å². The first-order valence-corrected chi connectivity index (χ1v) is 8.98. The summed E-state index contributed by atoms with van der Waals surface area (Å²) in [6, 6.07) is 4.92. The van der Waals surface area contributed by atoms with E-state index in [0.717, 1.165) is 30.9 Å². The van der Waals surface area contributed by atoms with Crippen LogP contribution in [0.4, 0.5) is 0 Å². The molecule has 2 aliphatic heterocycles. The number of nitrogens with zero attached hydrogens (tertiary/aromatic N) is 1. The number of alkyl halides is 1. The fourth-order valence-electron chi connectivity index (χ4n) is 5.36. The van der Waals surface area contributed by atoms with Crippen LogP contribution in [0.15, 0.2) is 24.3 Å². The quantitative estimate of drug-likeness (QED) is 0.567. The first-order chi connectivity index (χ1) is 10.7. The second kappa shape index (κ2) is 4.30. The molecule has 1 fully saturated rings. The highest BCUT2D eigenvalue weighted by Crippen LogP contribution is 2.63. The molecule has 1 spiro atoms. The molecule has 2 aliphatic carbocycles. The lowest BCUT2D eigenvalue weighted by Crippen LogP contribution is -2.64. The van der Waals surface area contributed by atoms with Crippen molar-refractivity contribution >= 4 is 15.9 Å². The van der Waals surface area contributed by atoms with Gasteiger partial charge in [0.25, 0.3) is 0 Å². The summed E-state index contributed by atoms with van der Waals surface area (Å²) in [5, 5.41) is 0. The molecule has 4 aliphatic rings. The lowest BCUT2D eigenvalue weighted by Gasteiger charge is -2.56. The van der Waals surface area contributed by atoms with Crippen molar-refractivity contribution in [3.05, 3.63) is 35.4 Å². The van der Waals surface area contributed by atoms with Crippen molar-refractivity contribution in [1.29, 1.82) is 0 Å². The Labute approximate surface area is 139 Å². The Morgan fingerprint density at radius 3 is 3.05 bits per heavy atom. The summed E-state index contributed by atoms with van der Waals surface area (Å²) in [6.07, 6.45) is 7.20. The van der Waals surface area contributed by atoms with Gasteiger partial charge in [0.15, 0.2) is 11.5 Å². The molecule has 0 radical (unpaired) electrons. The Morgan fingerprint density at radius 2 is 2.23 bits per heavy atom. The molecule has 4 heteroatoms. The minimum atomic E-state index is 0.123. The minimum Gasteiger partial charge on any atom is -0.493 e. The van der Waals surface area contributed by atoms with Gasteiger partial charge in [-0.05, 0) is 38.1 Å². The van der Waals surface area contributed by atoms with E-state index >= 15 is 0 Å². The van der Waals surface area contributed by atoms with Gasteiger partial charge in [0.05, 0.1) is 11.9 Å². The van der Waals surface area contributed by atoms with Crippen molar-refractivity contribution < 1.29 is 9.47 Å². The van der Waals surface area contributed by atoms with Gasteiger partial charge in [-0.25, -0.2) is 0 Å². The van der Waals surface area contributed by atoms with Crippen molar-refractivity contribution in [3.63, 3.8) is 0 Å². The average Bonchev–Trinajstić information content (AvgIpc) is 2.88. The number of likely N-dealkylation sites (N-methyl/N-ethyl adjacent to an activating group) is 1. The minimum absolute atomic E-state index is 0.123. The molecular weight excluding hydrogens is 342 g/mol. The fourth-order valence-corrected chi connectivity index (χ4v) is 6.11. The maximum absolute atomic E-state index is 6.51. The molecule has 1 saturated heterocycles. The van der Waals surface area contributed by atoms with Crippen LogP contribution in [-0.4, -0.2) is 42.6 Å². The van der Waals surface area contributed by atoms with Crippen LogP contribution in [0.2, 0.25) is 0 Å². The summed E-state index contributed by atoms with van der Waals surface area (Å²) in [5.74, 6) is 2.44. The Balaban J connectivity index is 1.82.